The van der Waals surface area contributed by atoms with Crippen LogP contribution in [0.3, 0.4) is 0 Å². The molecule has 1 aliphatic rings. The first-order valence-electron chi connectivity index (χ1n) is 5.86. The van der Waals surface area contributed by atoms with Gasteiger partial charge in [-0.3, -0.25) is 9.59 Å². The standard InChI is InChI=1S/C13H16N2O3/c1-2-13(7-18-8-13)12(17)15-10-5-3-9(4-6-10)11(14)16/h3-6H,2,7-8H2,1H3,(H2,14,16)(H,15,17). The van der Waals surface area contributed by atoms with Crippen molar-refractivity contribution >= 4 is 17.5 Å². The van der Waals surface area contributed by atoms with Crippen LogP contribution in [0, 0.1) is 5.41 Å². The molecule has 5 nitrogen and oxygen atoms in total. The number of anilines is 1. The first-order chi connectivity index (χ1) is 8.57. The molecule has 1 fully saturated rings. The van der Waals surface area contributed by atoms with Crippen molar-refractivity contribution in [2.75, 3.05) is 18.5 Å². The van der Waals surface area contributed by atoms with Gasteiger partial charge in [-0.15, -0.1) is 0 Å². The Morgan fingerprint density at radius 1 is 1.33 bits per heavy atom. The lowest BCUT2D eigenvalue weighted by atomic mass is 9.82. The lowest BCUT2D eigenvalue weighted by Gasteiger charge is -2.38. The summed E-state index contributed by atoms with van der Waals surface area (Å²) in [5, 5.41) is 2.83. The van der Waals surface area contributed by atoms with Gasteiger partial charge in [-0.1, -0.05) is 6.92 Å². The number of benzene rings is 1. The summed E-state index contributed by atoms with van der Waals surface area (Å²) in [6, 6.07) is 6.52. The van der Waals surface area contributed by atoms with Crippen LogP contribution in [0.4, 0.5) is 5.69 Å². The number of carbonyl (C=O) groups excluding carboxylic acids is 2. The van der Waals surface area contributed by atoms with Gasteiger partial charge in [0.1, 0.15) is 0 Å². The molecule has 96 valence electrons. The predicted octanol–water partition coefficient (Wildman–Crippen LogP) is 1.15. The number of hydrogen-bond donors (Lipinski definition) is 2. The van der Waals surface area contributed by atoms with Crippen molar-refractivity contribution in [1.82, 2.24) is 0 Å². The second-order valence-corrected chi connectivity index (χ2v) is 4.52. The molecular formula is C13H16N2O3. The third-order valence-corrected chi connectivity index (χ3v) is 3.34. The van der Waals surface area contributed by atoms with E-state index in [0.29, 0.717) is 24.5 Å². The predicted molar refractivity (Wildman–Crippen MR) is 67.1 cm³/mol. The first kappa shape index (κ1) is 12.6. The summed E-state index contributed by atoms with van der Waals surface area (Å²) in [6.45, 7) is 2.90. The summed E-state index contributed by atoms with van der Waals surface area (Å²) in [7, 11) is 0. The van der Waals surface area contributed by atoms with Gasteiger partial charge in [-0.2, -0.15) is 0 Å². The molecule has 5 heteroatoms. The van der Waals surface area contributed by atoms with E-state index in [1.54, 1.807) is 24.3 Å². The molecule has 2 amide bonds. The lowest BCUT2D eigenvalue weighted by Crippen LogP contribution is -2.51. The molecule has 0 saturated carbocycles. The van der Waals surface area contributed by atoms with Crippen molar-refractivity contribution in [2.24, 2.45) is 11.1 Å². The van der Waals surface area contributed by atoms with E-state index >= 15 is 0 Å². The zero-order valence-electron chi connectivity index (χ0n) is 10.2. The van der Waals surface area contributed by atoms with Crippen LogP contribution in [0.1, 0.15) is 23.7 Å². The summed E-state index contributed by atoms with van der Waals surface area (Å²) in [6.07, 6.45) is 0.748. The van der Waals surface area contributed by atoms with E-state index in [-0.39, 0.29) is 5.91 Å². The molecule has 1 saturated heterocycles. The molecule has 1 aromatic carbocycles. The molecule has 0 unspecified atom stereocenters. The number of primary amides is 1. The number of rotatable bonds is 4. The SMILES string of the molecule is CCC1(C(=O)Nc2ccc(C(N)=O)cc2)COC1. The highest BCUT2D eigenvalue weighted by atomic mass is 16.5. The molecule has 2 rings (SSSR count). The van der Waals surface area contributed by atoms with Crippen LogP contribution in [0.25, 0.3) is 0 Å². The zero-order chi connectivity index (χ0) is 13.2. The number of nitrogens with one attached hydrogen (secondary N) is 1. The minimum absolute atomic E-state index is 0.0388. The average Bonchev–Trinajstić information content (AvgIpc) is 2.29. The Morgan fingerprint density at radius 3 is 2.33 bits per heavy atom. The molecule has 1 heterocycles. The van der Waals surface area contributed by atoms with Gasteiger partial charge in [0.05, 0.1) is 18.6 Å². The van der Waals surface area contributed by atoms with Crippen LogP contribution in [-0.4, -0.2) is 25.0 Å². The highest BCUT2D eigenvalue weighted by molar-refractivity contribution is 5.97. The van der Waals surface area contributed by atoms with Gasteiger partial charge in [0.25, 0.3) is 0 Å². The third kappa shape index (κ3) is 2.22. The summed E-state index contributed by atoms with van der Waals surface area (Å²) in [4.78, 5) is 23.0. The lowest BCUT2D eigenvalue weighted by molar-refractivity contribution is -0.156. The average molecular weight is 248 g/mol. The topological polar surface area (TPSA) is 81.4 Å². The normalized spacial score (nSPS) is 16.7. The number of carbonyl (C=O) groups is 2. The molecule has 0 radical (unpaired) electrons. The summed E-state index contributed by atoms with van der Waals surface area (Å²) >= 11 is 0. The molecular weight excluding hydrogens is 232 g/mol. The van der Waals surface area contributed by atoms with Crippen LogP contribution in [0.2, 0.25) is 0 Å². The second-order valence-electron chi connectivity index (χ2n) is 4.52. The van der Waals surface area contributed by atoms with Gasteiger partial charge in [0.2, 0.25) is 11.8 Å². The van der Waals surface area contributed by atoms with Crippen molar-refractivity contribution in [2.45, 2.75) is 13.3 Å². The van der Waals surface area contributed by atoms with E-state index in [1.165, 1.54) is 0 Å². The monoisotopic (exact) mass is 248 g/mol. The van der Waals surface area contributed by atoms with Crippen LogP contribution in [-0.2, 0) is 9.53 Å². The maximum atomic E-state index is 12.1. The third-order valence-electron chi connectivity index (χ3n) is 3.34. The van der Waals surface area contributed by atoms with E-state index in [4.69, 9.17) is 10.5 Å². The highest BCUT2D eigenvalue weighted by Crippen LogP contribution is 2.32. The van der Waals surface area contributed by atoms with Crippen LogP contribution in [0.5, 0.6) is 0 Å². The van der Waals surface area contributed by atoms with E-state index in [1.807, 2.05) is 6.92 Å². The number of nitrogens with two attached hydrogens (primary N) is 1. The van der Waals surface area contributed by atoms with Crippen molar-refractivity contribution in [3.63, 3.8) is 0 Å². The summed E-state index contributed by atoms with van der Waals surface area (Å²) in [5.41, 5.74) is 5.82. The van der Waals surface area contributed by atoms with Crippen molar-refractivity contribution in [1.29, 1.82) is 0 Å². The van der Waals surface area contributed by atoms with E-state index < -0.39 is 11.3 Å². The molecule has 1 aromatic rings. The van der Waals surface area contributed by atoms with E-state index in [0.717, 1.165) is 6.42 Å². The fraction of sp³-hybridized carbons (Fsp3) is 0.385. The van der Waals surface area contributed by atoms with Crippen LogP contribution in [0.15, 0.2) is 24.3 Å². The maximum absolute atomic E-state index is 12.1. The minimum Gasteiger partial charge on any atom is -0.379 e. The minimum atomic E-state index is -0.481. The Morgan fingerprint density at radius 2 is 1.94 bits per heavy atom. The fourth-order valence-corrected chi connectivity index (χ4v) is 1.83. The van der Waals surface area contributed by atoms with Gasteiger partial charge in [-0.05, 0) is 30.7 Å². The molecule has 1 aliphatic heterocycles. The molecule has 0 atom stereocenters. The molecule has 0 aliphatic carbocycles. The maximum Gasteiger partial charge on any atom is 0.248 e. The molecule has 18 heavy (non-hydrogen) atoms. The van der Waals surface area contributed by atoms with Crippen molar-refractivity contribution in [3.05, 3.63) is 29.8 Å². The van der Waals surface area contributed by atoms with Gasteiger partial charge in [-0.25, -0.2) is 0 Å². The number of amides is 2. The fourth-order valence-electron chi connectivity index (χ4n) is 1.83. The smallest absolute Gasteiger partial charge is 0.248 e. The zero-order valence-corrected chi connectivity index (χ0v) is 10.2. The molecule has 0 aromatic heterocycles. The Bertz CT molecular complexity index is 458. The largest absolute Gasteiger partial charge is 0.379 e. The van der Waals surface area contributed by atoms with Crippen molar-refractivity contribution in [3.8, 4) is 0 Å². The van der Waals surface area contributed by atoms with Gasteiger partial charge in [0.15, 0.2) is 0 Å². The Hall–Kier alpha value is -1.88. The van der Waals surface area contributed by atoms with E-state index in [2.05, 4.69) is 5.32 Å². The van der Waals surface area contributed by atoms with Crippen LogP contribution < -0.4 is 11.1 Å². The molecule has 3 N–H and O–H groups in total. The van der Waals surface area contributed by atoms with Gasteiger partial charge >= 0.3 is 0 Å². The Balaban J connectivity index is 2.05. The van der Waals surface area contributed by atoms with E-state index in [9.17, 15) is 9.59 Å². The van der Waals surface area contributed by atoms with Crippen molar-refractivity contribution < 1.29 is 14.3 Å². The number of ether oxygens (including phenoxy) is 1. The highest BCUT2D eigenvalue weighted by Gasteiger charge is 2.44. The molecule has 0 bridgehead atoms. The summed E-state index contributed by atoms with van der Waals surface area (Å²) < 4.78 is 5.12. The molecule has 0 spiro atoms. The Kier molecular flexibility index (Phi) is 3.34. The second kappa shape index (κ2) is 4.78. The summed E-state index contributed by atoms with van der Waals surface area (Å²) in [5.74, 6) is -0.520. The number of hydrogen-bond acceptors (Lipinski definition) is 3. The van der Waals surface area contributed by atoms with Gasteiger partial charge < -0.3 is 15.8 Å². The first-order valence-corrected chi connectivity index (χ1v) is 5.86. The van der Waals surface area contributed by atoms with Gasteiger partial charge in [0, 0.05) is 11.3 Å². The Labute approximate surface area is 105 Å². The van der Waals surface area contributed by atoms with Crippen LogP contribution >= 0.6 is 0 Å². The quantitative estimate of drug-likeness (QED) is 0.838.